The fourth-order valence-electron chi connectivity index (χ4n) is 1.92. The summed E-state index contributed by atoms with van der Waals surface area (Å²) >= 11 is 0. The van der Waals surface area contributed by atoms with Gasteiger partial charge in [0.2, 0.25) is 10.0 Å². The highest BCUT2D eigenvalue weighted by Crippen LogP contribution is 2.02. The number of hydrogen-bond donors (Lipinski definition) is 1. The lowest BCUT2D eigenvalue weighted by atomic mass is 10.1. The highest BCUT2D eigenvalue weighted by molar-refractivity contribution is 7.88. The van der Waals surface area contributed by atoms with E-state index in [1.54, 1.807) is 6.92 Å². The molecule has 1 N–H and O–H groups in total. The number of nitrogens with one attached hydrogen (secondary N) is 1. The van der Waals surface area contributed by atoms with Crippen LogP contribution in [0.15, 0.2) is 0 Å². The van der Waals surface area contributed by atoms with Crippen molar-refractivity contribution in [2.45, 2.75) is 46.1 Å². The summed E-state index contributed by atoms with van der Waals surface area (Å²) in [5, 5.41) is 3.14. The van der Waals surface area contributed by atoms with Crippen LogP contribution in [0.25, 0.3) is 0 Å². The van der Waals surface area contributed by atoms with Crippen LogP contribution in [-0.2, 0) is 19.6 Å². The van der Waals surface area contributed by atoms with Crippen LogP contribution in [-0.4, -0.2) is 57.2 Å². The van der Waals surface area contributed by atoms with Crippen LogP contribution in [0.2, 0.25) is 0 Å². The first-order chi connectivity index (χ1) is 9.36. The molecule has 0 aromatic heterocycles. The number of ether oxygens (including phenoxy) is 1. The average molecular weight is 308 g/mol. The van der Waals surface area contributed by atoms with Crippen molar-refractivity contribution in [1.82, 2.24) is 9.62 Å². The van der Waals surface area contributed by atoms with Gasteiger partial charge in [-0.05, 0) is 26.3 Å². The van der Waals surface area contributed by atoms with Crippen LogP contribution in [0, 0.1) is 0 Å². The smallest absolute Gasteiger partial charge is 0.323 e. The first-order valence-electron chi connectivity index (χ1n) is 7.21. The van der Waals surface area contributed by atoms with E-state index >= 15 is 0 Å². The van der Waals surface area contributed by atoms with Crippen molar-refractivity contribution in [3.8, 4) is 0 Å². The van der Waals surface area contributed by atoms with E-state index in [4.69, 9.17) is 4.74 Å². The number of rotatable bonds is 11. The van der Waals surface area contributed by atoms with E-state index in [-0.39, 0.29) is 12.0 Å². The third-order valence-corrected chi connectivity index (χ3v) is 4.32. The summed E-state index contributed by atoms with van der Waals surface area (Å²) in [7, 11) is -3.14. The molecule has 0 amide bonds. The molecule has 6 nitrogen and oxygen atoms in total. The number of carbonyl (C=O) groups excluding carboxylic acids is 1. The molecule has 0 aliphatic carbocycles. The largest absolute Gasteiger partial charge is 0.465 e. The predicted octanol–water partition coefficient (Wildman–Crippen LogP) is 0.979. The maximum Gasteiger partial charge on any atom is 0.323 e. The van der Waals surface area contributed by atoms with Crippen LogP contribution >= 0.6 is 0 Å². The predicted molar refractivity (Wildman–Crippen MR) is 80.0 cm³/mol. The second kappa shape index (κ2) is 10.1. The molecule has 20 heavy (non-hydrogen) atoms. The highest BCUT2D eigenvalue weighted by atomic mass is 32.2. The maximum atomic E-state index is 11.7. The Morgan fingerprint density at radius 2 is 1.95 bits per heavy atom. The van der Waals surface area contributed by atoms with Gasteiger partial charge in [0.15, 0.2) is 0 Å². The fraction of sp³-hybridized carbons (Fsp3) is 0.923. The topological polar surface area (TPSA) is 75.7 Å². The summed E-state index contributed by atoms with van der Waals surface area (Å²) < 4.78 is 29.3. The minimum atomic E-state index is -3.14. The Morgan fingerprint density at radius 3 is 2.40 bits per heavy atom. The van der Waals surface area contributed by atoms with Crippen molar-refractivity contribution >= 4 is 16.0 Å². The minimum absolute atomic E-state index is 0.232. The Morgan fingerprint density at radius 1 is 1.30 bits per heavy atom. The zero-order valence-corrected chi connectivity index (χ0v) is 13.8. The fourth-order valence-corrected chi connectivity index (χ4v) is 2.85. The molecular weight excluding hydrogens is 280 g/mol. The van der Waals surface area contributed by atoms with Gasteiger partial charge in [0, 0.05) is 13.1 Å². The van der Waals surface area contributed by atoms with Crippen LogP contribution in [0.3, 0.4) is 0 Å². The van der Waals surface area contributed by atoms with Crippen LogP contribution in [0.5, 0.6) is 0 Å². The van der Waals surface area contributed by atoms with Crippen molar-refractivity contribution in [2.75, 3.05) is 32.5 Å². The van der Waals surface area contributed by atoms with Gasteiger partial charge in [0.25, 0.3) is 0 Å². The van der Waals surface area contributed by atoms with Crippen molar-refractivity contribution in [1.29, 1.82) is 0 Å². The summed E-state index contributed by atoms with van der Waals surface area (Å²) in [4.78, 5) is 11.7. The van der Waals surface area contributed by atoms with Gasteiger partial charge >= 0.3 is 5.97 Å². The van der Waals surface area contributed by atoms with E-state index in [0.717, 1.165) is 12.8 Å². The number of hydrogen-bond acceptors (Lipinski definition) is 5. The summed E-state index contributed by atoms with van der Waals surface area (Å²) in [6.45, 7) is 7.50. The highest BCUT2D eigenvalue weighted by Gasteiger charge is 2.18. The third kappa shape index (κ3) is 7.81. The Labute approximate surface area is 122 Å². The van der Waals surface area contributed by atoms with Crippen molar-refractivity contribution in [3.63, 3.8) is 0 Å². The van der Waals surface area contributed by atoms with Gasteiger partial charge in [-0.25, -0.2) is 12.7 Å². The normalized spacial score (nSPS) is 13.4. The Balaban J connectivity index is 4.14. The maximum absolute atomic E-state index is 11.7. The van der Waals surface area contributed by atoms with Gasteiger partial charge in [-0.2, -0.15) is 0 Å². The van der Waals surface area contributed by atoms with E-state index < -0.39 is 10.0 Å². The standard InChI is InChI=1S/C13H28N2O4S/c1-5-9-12(13(16)19-7-3)14-10-8-11-15(6-2)20(4,17)18/h12,14H,5-11H2,1-4H3. The van der Waals surface area contributed by atoms with Gasteiger partial charge in [-0.15, -0.1) is 0 Å². The molecule has 0 spiro atoms. The zero-order valence-electron chi connectivity index (χ0n) is 13.0. The first kappa shape index (κ1) is 19.3. The minimum Gasteiger partial charge on any atom is -0.465 e. The molecule has 1 atom stereocenters. The Kier molecular flexibility index (Phi) is 9.79. The van der Waals surface area contributed by atoms with Gasteiger partial charge in [0.05, 0.1) is 12.9 Å². The second-order valence-corrected chi connectivity index (χ2v) is 6.64. The molecule has 7 heteroatoms. The number of carbonyl (C=O) groups is 1. The molecule has 0 saturated carbocycles. The van der Waals surface area contributed by atoms with Crippen LogP contribution < -0.4 is 5.32 Å². The summed E-state index contributed by atoms with van der Waals surface area (Å²) in [6.07, 6.45) is 3.49. The summed E-state index contributed by atoms with van der Waals surface area (Å²) in [5.41, 5.74) is 0. The molecule has 0 saturated heterocycles. The quantitative estimate of drug-likeness (QED) is 0.455. The van der Waals surface area contributed by atoms with E-state index in [1.807, 2.05) is 13.8 Å². The second-order valence-electron chi connectivity index (χ2n) is 4.66. The molecule has 120 valence electrons. The Bertz CT molecular complexity index is 371. The van der Waals surface area contributed by atoms with E-state index in [0.29, 0.717) is 32.7 Å². The molecule has 0 rings (SSSR count). The van der Waals surface area contributed by atoms with E-state index in [9.17, 15) is 13.2 Å². The van der Waals surface area contributed by atoms with Crippen LogP contribution in [0.1, 0.15) is 40.0 Å². The first-order valence-corrected chi connectivity index (χ1v) is 9.06. The van der Waals surface area contributed by atoms with E-state index in [2.05, 4.69) is 5.32 Å². The van der Waals surface area contributed by atoms with Gasteiger partial charge in [-0.3, -0.25) is 4.79 Å². The van der Waals surface area contributed by atoms with Gasteiger partial charge < -0.3 is 10.1 Å². The summed E-state index contributed by atoms with van der Waals surface area (Å²) in [5.74, 6) is -0.232. The molecule has 1 unspecified atom stereocenters. The van der Waals surface area contributed by atoms with Crippen molar-refractivity contribution < 1.29 is 17.9 Å². The van der Waals surface area contributed by atoms with Gasteiger partial charge in [-0.1, -0.05) is 20.3 Å². The van der Waals surface area contributed by atoms with Crippen molar-refractivity contribution in [3.05, 3.63) is 0 Å². The summed E-state index contributed by atoms with van der Waals surface area (Å²) in [6, 6.07) is -0.298. The SMILES string of the molecule is CCCC(NCCCN(CC)S(C)(=O)=O)C(=O)OCC. The molecule has 0 aliphatic heterocycles. The van der Waals surface area contributed by atoms with Gasteiger partial charge in [0.1, 0.15) is 6.04 Å². The van der Waals surface area contributed by atoms with Crippen molar-refractivity contribution in [2.24, 2.45) is 0 Å². The number of sulfonamides is 1. The molecule has 0 fully saturated rings. The number of esters is 1. The molecular formula is C13H28N2O4S. The molecule has 0 bridgehead atoms. The molecule has 0 heterocycles. The molecule has 0 aliphatic rings. The monoisotopic (exact) mass is 308 g/mol. The van der Waals surface area contributed by atoms with E-state index in [1.165, 1.54) is 10.6 Å². The molecule has 0 radical (unpaired) electrons. The lowest BCUT2D eigenvalue weighted by Gasteiger charge is -2.19. The molecule has 0 aromatic carbocycles. The Hall–Kier alpha value is -0.660. The number of nitrogens with zero attached hydrogens (tertiary/aromatic N) is 1. The zero-order chi connectivity index (χ0) is 15.6. The lowest BCUT2D eigenvalue weighted by Crippen LogP contribution is -2.40. The third-order valence-electron chi connectivity index (χ3n) is 2.95. The van der Waals surface area contributed by atoms with Crippen LogP contribution in [0.4, 0.5) is 0 Å². The molecule has 0 aromatic rings. The average Bonchev–Trinajstić information content (AvgIpc) is 2.36. The lowest BCUT2D eigenvalue weighted by molar-refractivity contribution is -0.145.